The van der Waals surface area contributed by atoms with Crippen LogP contribution < -0.4 is 5.32 Å². The average Bonchev–Trinajstić information content (AvgIpc) is 2.90. The maximum atomic E-state index is 10.7. The van der Waals surface area contributed by atoms with Gasteiger partial charge in [-0.1, -0.05) is 37.3 Å². The molecule has 100 valence electrons. The summed E-state index contributed by atoms with van der Waals surface area (Å²) in [5, 5.41) is 12.2. The Hall–Kier alpha value is -2.07. The van der Waals surface area contributed by atoms with Crippen LogP contribution in [0.1, 0.15) is 41.1 Å². The molecule has 0 fully saturated rings. The Labute approximate surface area is 112 Å². The summed E-state index contributed by atoms with van der Waals surface area (Å²) in [5.41, 5.74) is 1.40. The topological polar surface area (TPSA) is 62.5 Å². The van der Waals surface area contributed by atoms with Gasteiger partial charge in [0.1, 0.15) is 12.0 Å². The molecule has 0 bridgehead atoms. The molecule has 2 N–H and O–H groups in total. The van der Waals surface area contributed by atoms with E-state index < -0.39 is 5.97 Å². The Kier molecular flexibility index (Phi) is 4.36. The number of hydrogen-bond acceptors (Lipinski definition) is 3. The molecule has 4 nitrogen and oxygen atoms in total. The second kappa shape index (κ2) is 6.20. The maximum Gasteiger partial charge on any atom is 0.338 e. The van der Waals surface area contributed by atoms with E-state index in [4.69, 9.17) is 9.52 Å². The molecule has 1 aromatic carbocycles. The molecule has 0 aliphatic rings. The van der Waals surface area contributed by atoms with Gasteiger partial charge in [-0.05, 0) is 18.1 Å². The first-order valence-corrected chi connectivity index (χ1v) is 6.29. The monoisotopic (exact) mass is 259 g/mol. The predicted molar refractivity (Wildman–Crippen MR) is 72.0 cm³/mol. The third kappa shape index (κ3) is 3.45. The summed E-state index contributed by atoms with van der Waals surface area (Å²) in [4.78, 5) is 10.7. The van der Waals surface area contributed by atoms with Crippen molar-refractivity contribution in [3.63, 3.8) is 0 Å². The molecule has 2 rings (SSSR count). The second-order valence-electron chi connectivity index (χ2n) is 4.36. The van der Waals surface area contributed by atoms with Crippen LogP contribution in [-0.2, 0) is 6.54 Å². The van der Waals surface area contributed by atoms with E-state index in [2.05, 4.69) is 24.4 Å². The van der Waals surface area contributed by atoms with E-state index >= 15 is 0 Å². The second-order valence-corrected chi connectivity index (χ2v) is 4.36. The molecule has 19 heavy (non-hydrogen) atoms. The Bertz CT molecular complexity index is 533. The fourth-order valence-electron chi connectivity index (χ4n) is 1.99. The van der Waals surface area contributed by atoms with E-state index in [1.165, 1.54) is 11.8 Å². The van der Waals surface area contributed by atoms with Crippen LogP contribution in [0.25, 0.3) is 0 Å². The highest BCUT2D eigenvalue weighted by atomic mass is 16.4. The molecule has 0 amide bonds. The molecule has 0 aliphatic heterocycles. The van der Waals surface area contributed by atoms with E-state index in [0.717, 1.165) is 6.42 Å². The van der Waals surface area contributed by atoms with Crippen molar-refractivity contribution in [1.82, 2.24) is 5.32 Å². The summed E-state index contributed by atoms with van der Waals surface area (Å²) in [6.07, 6.45) is 2.22. The largest absolute Gasteiger partial charge is 0.478 e. The number of carboxylic acids is 1. The van der Waals surface area contributed by atoms with Crippen molar-refractivity contribution in [3.05, 3.63) is 59.5 Å². The first kappa shape index (κ1) is 13.4. The van der Waals surface area contributed by atoms with Crippen molar-refractivity contribution in [2.75, 3.05) is 0 Å². The number of furan rings is 1. The van der Waals surface area contributed by atoms with E-state index in [0.29, 0.717) is 12.3 Å². The SMILES string of the molecule is CCC(NCc1cc(C(=O)O)co1)c1ccccc1. The first-order valence-electron chi connectivity index (χ1n) is 6.29. The van der Waals surface area contributed by atoms with Crippen LogP contribution in [0.2, 0.25) is 0 Å². The van der Waals surface area contributed by atoms with Gasteiger partial charge in [0, 0.05) is 6.04 Å². The molecule has 1 heterocycles. The van der Waals surface area contributed by atoms with E-state index in [9.17, 15) is 4.79 Å². The molecule has 4 heteroatoms. The number of carboxylic acid groups (broad SMARTS) is 1. The standard InChI is InChI=1S/C15H17NO3/c1-2-14(11-6-4-3-5-7-11)16-9-13-8-12(10-19-13)15(17)18/h3-8,10,14,16H,2,9H2,1H3,(H,17,18). The lowest BCUT2D eigenvalue weighted by molar-refractivity contribution is 0.0696. The molecule has 0 aliphatic carbocycles. The molecule has 0 saturated carbocycles. The number of hydrogen-bond donors (Lipinski definition) is 2. The van der Waals surface area contributed by atoms with Crippen molar-refractivity contribution in [3.8, 4) is 0 Å². The zero-order chi connectivity index (χ0) is 13.7. The number of rotatable bonds is 6. The van der Waals surface area contributed by atoms with Gasteiger partial charge in [0.15, 0.2) is 0 Å². The van der Waals surface area contributed by atoms with Gasteiger partial charge in [-0.25, -0.2) is 4.79 Å². The molecular formula is C15H17NO3. The van der Waals surface area contributed by atoms with Crippen LogP contribution >= 0.6 is 0 Å². The van der Waals surface area contributed by atoms with Crippen molar-refractivity contribution in [1.29, 1.82) is 0 Å². The predicted octanol–water partition coefficient (Wildman–Crippen LogP) is 3.22. The summed E-state index contributed by atoms with van der Waals surface area (Å²) in [5.74, 6) is -0.336. The van der Waals surface area contributed by atoms with Crippen LogP contribution in [0.5, 0.6) is 0 Å². The molecule has 0 saturated heterocycles. The number of nitrogens with one attached hydrogen (secondary N) is 1. The number of carbonyl (C=O) groups is 1. The zero-order valence-corrected chi connectivity index (χ0v) is 10.8. The highest BCUT2D eigenvalue weighted by Gasteiger charge is 2.11. The lowest BCUT2D eigenvalue weighted by Crippen LogP contribution is -2.19. The molecule has 1 unspecified atom stereocenters. The van der Waals surface area contributed by atoms with Gasteiger partial charge in [-0.2, -0.15) is 0 Å². The summed E-state index contributed by atoms with van der Waals surface area (Å²) in [6.45, 7) is 2.62. The lowest BCUT2D eigenvalue weighted by Gasteiger charge is -2.16. The molecule has 1 atom stereocenters. The normalized spacial score (nSPS) is 12.3. The first-order chi connectivity index (χ1) is 9.20. The molecule has 0 spiro atoms. The third-order valence-electron chi connectivity index (χ3n) is 3.03. The van der Waals surface area contributed by atoms with Gasteiger partial charge in [-0.3, -0.25) is 0 Å². The van der Waals surface area contributed by atoms with Crippen molar-refractivity contribution < 1.29 is 14.3 Å². The van der Waals surface area contributed by atoms with Gasteiger partial charge >= 0.3 is 5.97 Å². The molecule has 2 aromatic rings. The highest BCUT2D eigenvalue weighted by Crippen LogP contribution is 2.17. The number of aromatic carboxylic acids is 1. The fourth-order valence-corrected chi connectivity index (χ4v) is 1.99. The van der Waals surface area contributed by atoms with Crippen LogP contribution in [-0.4, -0.2) is 11.1 Å². The Balaban J connectivity index is 1.98. The van der Waals surface area contributed by atoms with Crippen LogP contribution in [0.4, 0.5) is 0 Å². The lowest BCUT2D eigenvalue weighted by atomic mass is 10.0. The highest BCUT2D eigenvalue weighted by molar-refractivity contribution is 5.87. The third-order valence-corrected chi connectivity index (χ3v) is 3.03. The van der Waals surface area contributed by atoms with Crippen LogP contribution in [0.15, 0.2) is 47.1 Å². The van der Waals surface area contributed by atoms with Gasteiger partial charge < -0.3 is 14.8 Å². The Morgan fingerprint density at radius 1 is 1.37 bits per heavy atom. The van der Waals surface area contributed by atoms with E-state index in [1.54, 1.807) is 6.07 Å². The van der Waals surface area contributed by atoms with E-state index in [1.807, 2.05) is 18.2 Å². The molecular weight excluding hydrogens is 242 g/mol. The van der Waals surface area contributed by atoms with Crippen molar-refractivity contribution in [2.45, 2.75) is 25.9 Å². The zero-order valence-electron chi connectivity index (χ0n) is 10.8. The smallest absolute Gasteiger partial charge is 0.338 e. The van der Waals surface area contributed by atoms with Gasteiger partial charge in [0.25, 0.3) is 0 Å². The quantitative estimate of drug-likeness (QED) is 0.836. The van der Waals surface area contributed by atoms with Crippen LogP contribution in [0.3, 0.4) is 0 Å². The average molecular weight is 259 g/mol. The molecule has 0 radical (unpaired) electrons. The van der Waals surface area contributed by atoms with Crippen molar-refractivity contribution >= 4 is 5.97 Å². The summed E-state index contributed by atoms with van der Waals surface area (Å²) < 4.78 is 5.21. The summed E-state index contributed by atoms with van der Waals surface area (Å²) in [6, 6.07) is 11.9. The Morgan fingerprint density at radius 2 is 2.11 bits per heavy atom. The Morgan fingerprint density at radius 3 is 2.68 bits per heavy atom. The number of benzene rings is 1. The van der Waals surface area contributed by atoms with Gasteiger partial charge in [0.2, 0.25) is 0 Å². The minimum atomic E-state index is -0.967. The molecule has 1 aromatic heterocycles. The minimum absolute atomic E-state index is 0.185. The minimum Gasteiger partial charge on any atom is -0.478 e. The van der Waals surface area contributed by atoms with Gasteiger partial charge in [-0.15, -0.1) is 0 Å². The van der Waals surface area contributed by atoms with Crippen LogP contribution in [0, 0.1) is 0 Å². The van der Waals surface area contributed by atoms with Gasteiger partial charge in [0.05, 0.1) is 12.1 Å². The summed E-state index contributed by atoms with van der Waals surface area (Å²) >= 11 is 0. The summed E-state index contributed by atoms with van der Waals surface area (Å²) in [7, 11) is 0. The van der Waals surface area contributed by atoms with E-state index in [-0.39, 0.29) is 11.6 Å². The fraction of sp³-hybridized carbons (Fsp3) is 0.267. The van der Waals surface area contributed by atoms with Crippen molar-refractivity contribution in [2.24, 2.45) is 0 Å². The maximum absolute atomic E-state index is 10.7.